The second kappa shape index (κ2) is 12.7. The molecule has 0 saturated heterocycles. The Morgan fingerprint density at radius 3 is 1.96 bits per heavy atom. The lowest BCUT2D eigenvalue weighted by Gasteiger charge is -2.09. The average molecular weight is 327 g/mol. The number of anilines is 1. The normalized spacial score (nSPS) is 10.5. The number of benzene rings is 1. The van der Waals surface area contributed by atoms with Crippen LogP contribution >= 0.6 is 0 Å². The minimum absolute atomic E-state index is 0.268. The molecule has 0 amide bonds. The van der Waals surface area contributed by atoms with Gasteiger partial charge in [0.25, 0.3) is 0 Å². The molecule has 1 aromatic carbocycles. The van der Waals surface area contributed by atoms with E-state index in [9.17, 15) is 4.79 Å². The first-order valence-electron chi connectivity index (χ1n) is 7.54. The van der Waals surface area contributed by atoms with Crippen molar-refractivity contribution < 1.29 is 28.5 Å². The van der Waals surface area contributed by atoms with Crippen molar-refractivity contribution in [2.75, 3.05) is 58.6 Å². The predicted octanol–water partition coefficient (Wildman–Crippen LogP) is 1.26. The van der Waals surface area contributed by atoms with Crippen LogP contribution in [0.1, 0.15) is 6.92 Å². The van der Waals surface area contributed by atoms with Crippen molar-refractivity contribution in [1.29, 1.82) is 0 Å². The fourth-order valence-electron chi connectivity index (χ4n) is 1.61. The number of carbonyl (C=O) groups excluding carboxylic acids is 1. The zero-order chi connectivity index (χ0) is 16.8. The van der Waals surface area contributed by atoms with Gasteiger partial charge >= 0.3 is 5.97 Å². The lowest BCUT2D eigenvalue weighted by molar-refractivity contribution is -0.142. The van der Waals surface area contributed by atoms with Gasteiger partial charge in [0.1, 0.15) is 19.0 Å². The highest BCUT2D eigenvalue weighted by Crippen LogP contribution is 2.19. The molecule has 0 spiro atoms. The Morgan fingerprint density at radius 2 is 1.39 bits per heavy atom. The van der Waals surface area contributed by atoms with Crippen LogP contribution < -0.4 is 10.5 Å². The van der Waals surface area contributed by atoms with Crippen molar-refractivity contribution in [3.63, 3.8) is 0 Å². The Hall–Kier alpha value is -1.83. The summed E-state index contributed by atoms with van der Waals surface area (Å²) in [4.78, 5) is 10.5. The van der Waals surface area contributed by atoms with Crippen LogP contribution in [0.15, 0.2) is 24.3 Å². The van der Waals surface area contributed by atoms with E-state index in [2.05, 4.69) is 0 Å². The summed E-state index contributed by atoms with van der Waals surface area (Å²) in [5, 5.41) is 0. The van der Waals surface area contributed by atoms with Gasteiger partial charge in [0, 0.05) is 6.92 Å². The quantitative estimate of drug-likeness (QED) is 0.331. The molecule has 0 aromatic heterocycles. The summed E-state index contributed by atoms with van der Waals surface area (Å²) in [6, 6.07) is 7.34. The number of esters is 1. The van der Waals surface area contributed by atoms with Crippen molar-refractivity contribution >= 4 is 11.7 Å². The number of para-hydroxylation sites is 2. The molecular weight excluding hydrogens is 302 g/mol. The second-order valence-corrected chi connectivity index (χ2v) is 4.56. The van der Waals surface area contributed by atoms with Gasteiger partial charge in [-0.25, -0.2) is 0 Å². The van der Waals surface area contributed by atoms with E-state index in [4.69, 9.17) is 29.4 Å². The van der Waals surface area contributed by atoms with Crippen LogP contribution in [0, 0.1) is 0 Å². The number of hydrogen-bond acceptors (Lipinski definition) is 7. The molecule has 23 heavy (non-hydrogen) atoms. The van der Waals surface area contributed by atoms with Gasteiger partial charge in [0.2, 0.25) is 0 Å². The third kappa shape index (κ3) is 10.5. The summed E-state index contributed by atoms with van der Waals surface area (Å²) in [6.45, 7) is 4.82. The Labute approximate surface area is 136 Å². The topological polar surface area (TPSA) is 89.2 Å². The minimum Gasteiger partial charge on any atom is -0.489 e. The molecule has 130 valence electrons. The van der Waals surface area contributed by atoms with Gasteiger partial charge in [-0.05, 0) is 12.1 Å². The minimum atomic E-state index is -0.305. The van der Waals surface area contributed by atoms with E-state index >= 15 is 0 Å². The summed E-state index contributed by atoms with van der Waals surface area (Å²) >= 11 is 0. The van der Waals surface area contributed by atoms with Gasteiger partial charge in [0.15, 0.2) is 0 Å². The van der Waals surface area contributed by atoms with Crippen molar-refractivity contribution in [2.24, 2.45) is 0 Å². The predicted molar refractivity (Wildman–Crippen MR) is 85.4 cm³/mol. The smallest absolute Gasteiger partial charge is 0.302 e. The van der Waals surface area contributed by atoms with Crippen LogP contribution in [0.25, 0.3) is 0 Å². The lowest BCUT2D eigenvalue weighted by atomic mass is 10.3. The first kappa shape index (κ1) is 19.2. The number of carbonyl (C=O) groups is 1. The van der Waals surface area contributed by atoms with Gasteiger partial charge in [0.05, 0.1) is 45.3 Å². The van der Waals surface area contributed by atoms with E-state index in [1.165, 1.54) is 6.92 Å². The van der Waals surface area contributed by atoms with E-state index in [1.807, 2.05) is 18.2 Å². The van der Waals surface area contributed by atoms with Gasteiger partial charge in [-0.2, -0.15) is 0 Å². The van der Waals surface area contributed by atoms with Crippen LogP contribution in [0.2, 0.25) is 0 Å². The van der Waals surface area contributed by atoms with Crippen molar-refractivity contribution in [3.05, 3.63) is 24.3 Å². The third-order valence-corrected chi connectivity index (χ3v) is 2.68. The Kier molecular flexibility index (Phi) is 10.6. The van der Waals surface area contributed by atoms with Crippen LogP contribution in [0.4, 0.5) is 5.69 Å². The molecule has 0 unspecified atom stereocenters. The monoisotopic (exact) mass is 327 g/mol. The van der Waals surface area contributed by atoms with Crippen molar-refractivity contribution in [3.8, 4) is 5.75 Å². The standard InChI is InChI=1S/C16H25NO6/c1-14(18)22-12-10-20-8-6-19-7-9-21-11-13-23-16-5-3-2-4-15(16)17/h2-5H,6-13,17H2,1H3. The number of hydrogen-bond donors (Lipinski definition) is 1. The number of rotatable bonds is 13. The molecule has 7 heteroatoms. The Balaban J connectivity index is 1.81. The highest BCUT2D eigenvalue weighted by molar-refractivity contribution is 5.65. The SMILES string of the molecule is CC(=O)OCCOCCOCCOCCOc1ccccc1N. The van der Waals surface area contributed by atoms with E-state index in [1.54, 1.807) is 6.07 Å². The molecule has 0 fully saturated rings. The highest BCUT2D eigenvalue weighted by atomic mass is 16.6. The summed E-state index contributed by atoms with van der Waals surface area (Å²) < 4.78 is 26.1. The first-order chi connectivity index (χ1) is 11.2. The molecule has 0 aliphatic rings. The van der Waals surface area contributed by atoms with Gasteiger partial charge in [-0.1, -0.05) is 12.1 Å². The maximum atomic E-state index is 10.5. The third-order valence-electron chi connectivity index (χ3n) is 2.68. The molecule has 2 N–H and O–H groups in total. The molecule has 0 radical (unpaired) electrons. The zero-order valence-electron chi connectivity index (χ0n) is 13.5. The summed E-state index contributed by atoms with van der Waals surface area (Å²) in [5.41, 5.74) is 6.37. The van der Waals surface area contributed by atoms with Crippen LogP contribution in [0.5, 0.6) is 5.75 Å². The van der Waals surface area contributed by atoms with Crippen LogP contribution in [-0.4, -0.2) is 58.8 Å². The summed E-state index contributed by atoms with van der Waals surface area (Å²) in [6.07, 6.45) is 0. The van der Waals surface area contributed by atoms with Gasteiger partial charge < -0.3 is 29.4 Å². The molecule has 1 rings (SSSR count). The van der Waals surface area contributed by atoms with Crippen molar-refractivity contribution in [2.45, 2.75) is 6.92 Å². The zero-order valence-corrected chi connectivity index (χ0v) is 13.5. The largest absolute Gasteiger partial charge is 0.489 e. The van der Waals surface area contributed by atoms with E-state index in [0.717, 1.165) is 0 Å². The molecule has 0 atom stereocenters. The van der Waals surface area contributed by atoms with Crippen molar-refractivity contribution in [1.82, 2.24) is 0 Å². The average Bonchev–Trinajstić information content (AvgIpc) is 2.53. The maximum Gasteiger partial charge on any atom is 0.302 e. The molecule has 0 saturated carbocycles. The number of nitrogen functional groups attached to an aromatic ring is 1. The molecular formula is C16H25NO6. The highest BCUT2D eigenvalue weighted by Gasteiger charge is 1.98. The van der Waals surface area contributed by atoms with E-state index in [0.29, 0.717) is 57.7 Å². The fraction of sp³-hybridized carbons (Fsp3) is 0.562. The lowest BCUT2D eigenvalue weighted by Crippen LogP contribution is -2.14. The summed E-state index contributed by atoms with van der Waals surface area (Å²) in [7, 11) is 0. The fourth-order valence-corrected chi connectivity index (χ4v) is 1.61. The number of ether oxygens (including phenoxy) is 5. The molecule has 7 nitrogen and oxygen atoms in total. The number of nitrogens with two attached hydrogens (primary N) is 1. The molecule has 1 aromatic rings. The van der Waals surface area contributed by atoms with Crippen LogP contribution in [-0.2, 0) is 23.7 Å². The molecule has 0 aliphatic heterocycles. The van der Waals surface area contributed by atoms with Crippen LogP contribution in [0.3, 0.4) is 0 Å². The Bertz CT molecular complexity index is 440. The summed E-state index contributed by atoms with van der Waals surface area (Å²) in [5.74, 6) is 0.360. The maximum absolute atomic E-state index is 10.5. The first-order valence-corrected chi connectivity index (χ1v) is 7.54. The second-order valence-electron chi connectivity index (χ2n) is 4.56. The molecule has 0 heterocycles. The van der Waals surface area contributed by atoms with Gasteiger partial charge in [-0.3, -0.25) is 4.79 Å². The molecule has 0 aliphatic carbocycles. The van der Waals surface area contributed by atoms with E-state index in [-0.39, 0.29) is 12.6 Å². The van der Waals surface area contributed by atoms with Gasteiger partial charge in [-0.15, -0.1) is 0 Å². The van der Waals surface area contributed by atoms with E-state index < -0.39 is 0 Å². The molecule has 0 bridgehead atoms. The Morgan fingerprint density at radius 1 is 0.870 bits per heavy atom.